The van der Waals surface area contributed by atoms with Gasteiger partial charge in [-0.05, 0) is 73.2 Å². The number of benzene rings is 3. The van der Waals surface area contributed by atoms with Crippen LogP contribution in [0.25, 0.3) is 0 Å². The van der Waals surface area contributed by atoms with Crippen LogP contribution in [0.4, 0.5) is 25.0 Å². The number of urea groups is 1. The Balaban J connectivity index is 1.59. The summed E-state index contributed by atoms with van der Waals surface area (Å²) in [5.74, 6) is -2.64. The lowest BCUT2D eigenvalue weighted by atomic mass is 10.1. The lowest BCUT2D eigenvalue weighted by Gasteiger charge is -2.28. The Morgan fingerprint density at radius 1 is 0.946 bits per heavy atom. The molecule has 1 saturated heterocycles. The first-order valence-electron chi connectivity index (χ1n) is 11.5. The van der Waals surface area contributed by atoms with Crippen molar-refractivity contribution in [2.75, 3.05) is 16.8 Å². The van der Waals surface area contributed by atoms with E-state index in [1.54, 1.807) is 6.92 Å². The second-order valence-electron chi connectivity index (χ2n) is 8.25. The third-order valence-corrected chi connectivity index (χ3v) is 5.76. The van der Waals surface area contributed by atoms with Crippen LogP contribution in [0.3, 0.4) is 0 Å². The van der Waals surface area contributed by atoms with Gasteiger partial charge in [0.2, 0.25) is 5.91 Å². The molecule has 1 heterocycles. The van der Waals surface area contributed by atoms with E-state index in [-0.39, 0.29) is 30.8 Å². The number of imide groups is 1. The Morgan fingerprint density at radius 2 is 1.54 bits per heavy atom. The Morgan fingerprint density at radius 3 is 2.14 bits per heavy atom. The van der Waals surface area contributed by atoms with Crippen molar-refractivity contribution in [1.82, 2.24) is 4.90 Å². The molecule has 0 spiro atoms. The minimum atomic E-state index is -1.15. The predicted octanol–water partition coefficient (Wildman–Crippen LogP) is 4.51. The maximum atomic E-state index is 13.4. The highest BCUT2D eigenvalue weighted by atomic mass is 19.1. The number of halogens is 2. The number of nitrogens with zero attached hydrogens (tertiary/aromatic N) is 2. The number of ether oxygens (including phenoxy) is 1. The third-order valence-electron chi connectivity index (χ3n) is 5.76. The molecule has 3 aromatic rings. The molecule has 37 heavy (non-hydrogen) atoms. The number of amides is 4. The molecule has 10 heteroatoms. The summed E-state index contributed by atoms with van der Waals surface area (Å²) in [7, 11) is 0. The van der Waals surface area contributed by atoms with E-state index >= 15 is 0 Å². The standard InChI is InChI=1S/C27H23F2N3O5/c1-2-37-26(35)18-5-13-22(14-6-18)32-24(33)15-23(25(32)34)31(16-17-3-7-19(28)8-4-17)27(36)30-21-11-9-20(29)10-12-21/h3-14,23H,2,15-16H2,1H3,(H,30,36). The number of esters is 1. The summed E-state index contributed by atoms with van der Waals surface area (Å²) in [5, 5.41) is 2.61. The largest absolute Gasteiger partial charge is 0.462 e. The van der Waals surface area contributed by atoms with Crippen molar-refractivity contribution < 1.29 is 32.7 Å². The normalized spacial score (nSPS) is 15.0. The van der Waals surface area contributed by atoms with Crippen molar-refractivity contribution in [2.24, 2.45) is 0 Å². The topological polar surface area (TPSA) is 96.0 Å². The van der Waals surface area contributed by atoms with Gasteiger partial charge in [0.15, 0.2) is 0 Å². The van der Waals surface area contributed by atoms with Crippen molar-refractivity contribution in [3.63, 3.8) is 0 Å². The summed E-state index contributed by atoms with van der Waals surface area (Å²) < 4.78 is 31.7. The van der Waals surface area contributed by atoms with Gasteiger partial charge in [-0.2, -0.15) is 0 Å². The molecule has 4 rings (SSSR count). The SMILES string of the molecule is CCOC(=O)c1ccc(N2C(=O)CC(N(Cc3ccc(F)cc3)C(=O)Nc3ccc(F)cc3)C2=O)cc1. The summed E-state index contributed by atoms with van der Waals surface area (Å²) in [4.78, 5) is 53.6. The maximum Gasteiger partial charge on any atom is 0.338 e. The molecule has 1 N–H and O–H groups in total. The summed E-state index contributed by atoms with van der Waals surface area (Å²) in [6.07, 6.45) is -0.281. The molecule has 4 amide bonds. The molecule has 0 aromatic heterocycles. The van der Waals surface area contributed by atoms with Gasteiger partial charge in [0.25, 0.3) is 5.91 Å². The van der Waals surface area contributed by atoms with E-state index < -0.39 is 41.5 Å². The molecule has 190 valence electrons. The molecule has 3 aromatic carbocycles. The van der Waals surface area contributed by atoms with E-state index in [1.807, 2.05) is 0 Å². The van der Waals surface area contributed by atoms with Crippen LogP contribution < -0.4 is 10.2 Å². The van der Waals surface area contributed by atoms with Gasteiger partial charge in [0, 0.05) is 12.2 Å². The van der Waals surface area contributed by atoms with E-state index in [9.17, 15) is 28.0 Å². The predicted molar refractivity (Wildman–Crippen MR) is 131 cm³/mol. The first-order chi connectivity index (χ1) is 17.8. The second kappa shape index (κ2) is 11.0. The van der Waals surface area contributed by atoms with Gasteiger partial charge in [-0.15, -0.1) is 0 Å². The molecule has 1 aliphatic rings. The van der Waals surface area contributed by atoms with Gasteiger partial charge in [-0.25, -0.2) is 23.3 Å². The molecule has 1 atom stereocenters. The minimum absolute atomic E-state index is 0.0906. The fraction of sp³-hybridized carbons (Fsp3) is 0.185. The molecule has 1 unspecified atom stereocenters. The summed E-state index contributed by atoms with van der Waals surface area (Å²) in [5.41, 5.74) is 1.33. The maximum absolute atomic E-state index is 13.4. The van der Waals surface area contributed by atoms with Crippen LogP contribution in [0.1, 0.15) is 29.3 Å². The fourth-order valence-electron chi connectivity index (χ4n) is 3.93. The van der Waals surface area contributed by atoms with E-state index in [2.05, 4.69) is 5.32 Å². The molecule has 1 aliphatic heterocycles. The minimum Gasteiger partial charge on any atom is -0.462 e. The van der Waals surface area contributed by atoms with E-state index in [0.717, 1.165) is 4.90 Å². The van der Waals surface area contributed by atoms with Gasteiger partial charge < -0.3 is 15.0 Å². The number of hydrogen-bond donors (Lipinski definition) is 1. The van der Waals surface area contributed by atoms with Gasteiger partial charge in [0.05, 0.1) is 24.3 Å². The number of rotatable bonds is 7. The number of hydrogen-bond acceptors (Lipinski definition) is 5. The number of carbonyl (C=O) groups excluding carboxylic acids is 4. The van der Waals surface area contributed by atoms with Gasteiger partial charge in [-0.1, -0.05) is 12.1 Å². The average molecular weight is 507 g/mol. The van der Waals surface area contributed by atoms with Crippen molar-refractivity contribution >= 4 is 35.2 Å². The highest BCUT2D eigenvalue weighted by Crippen LogP contribution is 2.28. The number of nitrogens with one attached hydrogen (secondary N) is 1. The summed E-state index contributed by atoms with van der Waals surface area (Å²) in [6, 6.07) is 14.4. The Hall–Kier alpha value is -4.60. The van der Waals surface area contributed by atoms with Crippen LogP contribution in [-0.2, 0) is 20.9 Å². The quantitative estimate of drug-likeness (QED) is 0.375. The van der Waals surface area contributed by atoms with Crippen LogP contribution in [-0.4, -0.2) is 41.4 Å². The van der Waals surface area contributed by atoms with Crippen molar-refractivity contribution in [2.45, 2.75) is 25.9 Å². The van der Waals surface area contributed by atoms with Crippen LogP contribution in [0.15, 0.2) is 72.8 Å². The van der Waals surface area contributed by atoms with E-state index in [1.165, 1.54) is 77.7 Å². The van der Waals surface area contributed by atoms with Crippen LogP contribution in [0, 0.1) is 11.6 Å². The zero-order chi connectivity index (χ0) is 26.5. The zero-order valence-electron chi connectivity index (χ0n) is 19.8. The number of anilines is 2. The molecule has 0 saturated carbocycles. The molecular formula is C27H23F2N3O5. The first-order valence-corrected chi connectivity index (χ1v) is 11.5. The van der Waals surface area contributed by atoms with Crippen LogP contribution in [0.5, 0.6) is 0 Å². The van der Waals surface area contributed by atoms with Gasteiger partial charge in [0.1, 0.15) is 17.7 Å². The summed E-state index contributed by atoms with van der Waals surface area (Å²) >= 11 is 0. The molecule has 0 bridgehead atoms. The van der Waals surface area contributed by atoms with Gasteiger partial charge >= 0.3 is 12.0 Å². The Kier molecular flexibility index (Phi) is 7.57. The molecule has 0 radical (unpaired) electrons. The number of carbonyl (C=O) groups is 4. The molecule has 8 nitrogen and oxygen atoms in total. The zero-order valence-corrected chi connectivity index (χ0v) is 19.8. The molecular weight excluding hydrogens is 484 g/mol. The van der Waals surface area contributed by atoms with Gasteiger partial charge in [-0.3, -0.25) is 9.59 Å². The lowest BCUT2D eigenvalue weighted by Crippen LogP contribution is -2.46. The monoisotopic (exact) mass is 507 g/mol. The lowest BCUT2D eigenvalue weighted by molar-refractivity contribution is -0.122. The third kappa shape index (κ3) is 5.80. The molecule has 0 aliphatic carbocycles. The van der Waals surface area contributed by atoms with Crippen molar-refractivity contribution in [3.05, 3.63) is 95.6 Å². The van der Waals surface area contributed by atoms with Crippen molar-refractivity contribution in [3.8, 4) is 0 Å². The Labute approximate surface area is 211 Å². The smallest absolute Gasteiger partial charge is 0.338 e. The average Bonchev–Trinajstić information content (AvgIpc) is 3.18. The molecule has 1 fully saturated rings. The van der Waals surface area contributed by atoms with E-state index in [4.69, 9.17) is 4.74 Å². The van der Waals surface area contributed by atoms with Crippen molar-refractivity contribution in [1.29, 1.82) is 0 Å². The first kappa shape index (κ1) is 25.5. The highest BCUT2D eigenvalue weighted by molar-refractivity contribution is 6.23. The summed E-state index contributed by atoms with van der Waals surface area (Å²) in [6.45, 7) is 1.79. The fourth-order valence-corrected chi connectivity index (χ4v) is 3.93. The van der Waals surface area contributed by atoms with E-state index in [0.29, 0.717) is 11.3 Å². The Bertz CT molecular complexity index is 1310. The second-order valence-corrected chi connectivity index (χ2v) is 8.25. The highest BCUT2D eigenvalue weighted by Gasteiger charge is 2.44. The van der Waals surface area contributed by atoms with Crippen LogP contribution >= 0.6 is 0 Å². The van der Waals surface area contributed by atoms with Crippen LogP contribution in [0.2, 0.25) is 0 Å².